The Morgan fingerprint density at radius 2 is 1.89 bits per heavy atom. The largest absolute Gasteiger partial charge is 0.382 e. The lowest BCUT2D eigenvalue weighted by atomic mass is 10.1. The summed E-state index contributed by atoms with van der Waals surface area (Å²) in [7, 11) is 0. The van der Waals surface area contributed by atoms with E-state index in [2.05, 4.69) is 22.4 Å². The van der Waals surface area contributed by atoms with Crippen LogP contribution >= 0.6 is 0 Å². The number of nitrogens with one attached hydrogen (secondary N) is 1. The Hall–Kier alpha value is -1.65. The molecule has 0 unspecified atom stereocenters. The predicted octanol–water partition coefficient (Wildman–Crippen LogP) is 2.15. The molecule has 0 aliphatic heterocycles. The van der Waals surface area contributed by atoms with E-state index in [1.807, 2.05) is 0 Å². The Balaban J connectivity index is 2.12. The quantitative estimate of drug-likeness (QED) is 0.693. The van der Waals surface area contributed by atoms with Crippen LogP contribution in [-0.4, -0.2) is 22.6 Å². The summed E-state index contributed by atoms with van der Waals surface area (Å²) in [6.07, 6.45) is 7.25. The highest BCUT2D eigenvalue weighted by molar-refractivity contribution is 5.92. The fourth-order valence-electron chi connectivity index (χ4n) is 1.66. The third kappa shape index (κ3) is 5.61. The van der Waals surface area contributed by atoms with Gasteiger partial charge in [-0.15, -0.1) is 10.2 Å². The summed E-state index contributed by atoms with van der Waals surface area (Å²) in [6, 6.07) is 3.16. The highest BCUT2D eigenvalue weighted by Gasteiger charge is 2.06. The first-order chi connectivity index (χ1) is 8.74. The Labute approximate surface area is 108 Å². The van der Waals surface area contributed by atoms with Gasteiger partial charge in [0.05, 0.1) is 0 Å². The zero-order valence-electron chi connectivity index (χ0n) is 11.0. The second-order valence-electron chi connectivity index (χ2n) is 4.37. The van der Waals surface area contributed by atoms with Crippen molar-refractivity contribution < 1.29 is 4.79 Å². The summed E-state index contributed by atoms with van der Waals surface area (Å²) in [6.45, 7) is 2.89. The van der Waals surface area contributed by atoms with Crippen LogP contribution in [0.25, 0.3) is 0 Å². The van der Waals surface area contributed by atoms with Crippen molar-refractivity contribution in [1.82, 2.24) is 15.5 Å². The van der Waals surface area contributed by atoms with E-state index in [4.69, 9.17) is 5.73 Å². The minimum atomic E-state index is -0.184. The molecule has 1 aromatic rings. The molecule has 1 rings (SSSR count). The Morgan fingerprint density at radius 1 is 1.17 bits per heavy atom. The van der Waals surface area contributed by atoms with Crippen LogP contribution in [0, 0.1) is 0 Å². The van der Waals surface area contributed by atoms with Crippen LogP contribution in [0.2, 0.25) is 0 Å². The number of nitrogens with zero attached hydrogens (tertiary/aromatic N) is 2. The number of hydrogen-bond donors (Lipinski definition) is 2. The van der Waals surface area contributed by atoms with Gasteiger partial charge in [0.2, 0.25) is 0 Å². The molecule has 0 saturated heterocycles. The maximum atomic E-state index is 11.6. The molecular formula is C13H22N4O. The molecule has 0 aliphatic rings. The molecule has 0 radical (unpaired) electrons. The van der Waals surface area contributed by atoms with Gasteiger partial charge in [0, 0.05) is 6.54 Å². The molecule has 0 aliphatic carbocycles. The van der Waals surface area contributed by atoms with E-state index >= 15 is 0 Å². The van der Waals surface area contributed by atoms with Crippen molar-refractivity contribution in [2.45, 2.75) is 45.4 Å². The van der Waals surface area contributed by atoms with E-state index < -0.39 is 0 Å². The van der Waals surface area contributed by atoms with Gasteiger partial charge in [0.25, 0.3) is 5.91 Å². The van der Waals surface area contributed by atoms with Crippen LogP contribution in [0.3, 0.4) is 0 Å². The number of nitrogens with two attached hydrogens (primary N) is 1. The summed E-state index contributed by atoms with van der Waals surface area (Å²) in [5.74, 6) is 0.138. The lowest BCUT2D eigenvalue weighted by molar-refractivity contribution is 0.0947. The third-order valence-electron chi connectivity index (χ3n) is 2.73. The fourth-order valence-corrected chi connectivity index (χ4v) is 1.66. The van der Waals surface area contributed by atoms with Crippen molar-refractivity contribution >= 4 is 11.7 Å². The SMILES string of the molecule is CCCCCCCCNC(=O)c1ccc(N)nn1. The molecule has 0 aromatic carbocycles. The van der Waals surface area contributed by atoms with Gasteiger partial charge in [-0.05, 0) is 18.6 Å². The third-order valence-corrected chi connectivity index (χ3v) is 2.73. The standard InChI is InChI=1S/C13H22N4O/c1-2-3-4-5-6-7-10-15-13(18)11-8-9-12(14)17-16-11/h8-9H,2-7,10H2,1H3,(H2,14,17)(H,15,18). The van der Waals surface area contributed by atoms with Crippen molar-refractivity contribution in [3.63, 3.8) is 0 Å². The average molecular weight is 250 g/mol. The van der Waals surface area contributed by atoms with E-state index in [1.54, 1.807) is 12.1 Å². The average Bonchev–Trinajstić information content (AvgIpc) is 2.38. The monoisotopic (exact) mass is 250 g/mol. The van der Waals surface area contributed by atoms with Crippen LogP contribution in [0.1, 0.15) is 55.9 Å². The first-order valence-corrected chi connectivity index (χ1v) is 6.61. The highest BCUT2D eigenvalue weighted by Crippen LogP contribution is 2.04. The second-order valence-corrected chi connectivity index (χ2v) is 4.37. The van der Waals surface area contributed by atoms with E-state index in [0.29, 0.717) is 18.1 Å². The molecule has 3 N–H and O–H groups in total. The molecule has 0 spiro atoms. The summed E-state index contributed by atoms with van der Waals surface area (Å²) >= 11 is 0. The number of carbonyl (C=O) groups excluding carboxylic acids is 1. The summed E-state index contributed by atoms with van der Waals surface area (Å²) in [4.78, 5) is 11.6. The van der Waals surface area contributed by atoms with E-state index in [0.717, 1.165) is 12.8 Å². The smallest absolute Gasteiger partial charge is 0.271 e. The van der Waals surface area contributed by atoms with Crippen LogP contribution in [0.15, 0.2) is 12.1 Å². The number of rotatable bonds is 8. The van der Waals surface area contributed by atoms with Crippen LogP contribution in [-0.2, 0) is 0 Å². The van der Waals surface area contributed by atoms with Gasteiger partial charge in [-0.2, -0.15) is 0 Å². The van der Waals surface area contributed by atoms with Crippen LogP contribution < -0.4 is 11.1 Å². The number of nitrogen functional groups attached to an aromatic ring is 1. The van der Waals surface area contributed by atoms with Crippen molar-refractivity contribution in [1.29, 1.82) is 0 Å². The summed E-state index contributed by atoms with van der Waals surface area (Å²) in [5.41, 5.74) is 5.72. The molecule has 5 heteroatoms. The van der Waals surface area contributed by atoms with Crippen LogP contribution in [0.5, 0.6) is 0 Å². The number of hydrogen-bond acceptors (Lipinski definition) is 4. The number of unbranched alkanes of at least 4 members (excludes halogenated alkanes) is 5. The van der Waals surface area contributed by atoms with Gasteiger partial charge < -0.3 is 11.1 Å². The van der Waals surface area contributed by atoms with Gasteiger partial charge in [-0.25, -0.2) is 0 Å². The summed E-state index contributed by atoms with van der Waals surface area (Å²) in [5, 5.41) is 10.2. The molecule has 1 heterocycles. The number of anilines is 1. The van der Waals surface area contributed by atoms with Gasteiger partial charge in [-0.3, -0.25) is 4.79 Å². The molecule has 18 heavy (non-hydrogen) atoms. The molecule has 1 amide bonds. The number of amides is 1. The molecule has 0 saturated carbocycles. The minimum absolute atomic E-state index is 0.184. The summed E-state index contributed by atoms with van der Waals surface area (Å²) < 4.78 is 0. The topological polar surface area (TPSA) is 80.9 Å². The first-order valence-electron chi connectivity index (χ1n) is 6.61. The Bertz CT molecular complexity index is 351. The molecule has 0 atom stereocenters. The van der Waals surface area contributed by atoms with Gasteiger partial charge >= 0.3 is 0 Å². The van der Waals surface area contributed by atoms with Crippen molar-refractivity contribution in [2.24, 2.45) is 0 Å². The van der Waals surface area contributed by atoms with E-state index in [-0.39, 0.29) is 5.91 Å². The Morgan fingerprint density at radius 3 is 2.56 bits per heavy atom. The molecular weight excluding hydrogens is 228 g/mol. The fraction of sp³-hybridized carbons (Fsp3) is 0.615. The minimum Gasteiger partial charge on any atom is -0.382 e. The zero-order chi connectivity index (χ0) is 13.2. The molecule has 5 nitrogen and oxygen atoms in total. The molecule has 0 fully saturated rings. The van der Waals surface area contributed by atoms with Crippen molar-refractivity contribution in [2.75, 3.05) is 12.3 Å². The highest BCUT2D eigenvalue weighted by atomic mass is 16.1. The lowest BCUT2D eigenvalue weighted by Gasteiger charge is -2.04. The maximum absolute atomic E-state index is 11.6. The molecule has 1 aromatic heterocycles. The van der Waals surface area contributed by atoms with Gasteiger partial charge in [-0.1, -0.05) is 39.0 Å². The van der Waals surface area contributed by atoms with E-state index in [1.165, 1.54) is 25.7 Å². The first kappa shape index (κ1) is 14.4. The maximum Gasteiger partial charge on any atom is 0.271 e. The van der Waals surface area contributed by atoms with Gasteiger partial charge in [0.1, 0.15) is 5.82 Å². The second kappa shape index (κ2) is 8.44. The number of aromatic nitrogens is 2. The van der Waals surface area contributed by atoms with E-state index in [9.17, 15) is 4.79 Å². The zero-order valence-corrected chi connectivity index (χ0v) is 11.0. The molecule has 0 bridgehead atoms. The number of carbonyl (C=O) groups is 1. The van der Waals surface area contributed by atoms with Crippen molar-refractivity contribution in [3.05, 3.63) is 17.8 Å². The predicted molar refractivity (Wildman–Crippen MR) is 72.2 cm³/mol. The van der Waals surface area contributed by atoms with Gasteiger partial charge in [0.15, 0.2) is 5.69 Å². The van der Waals surface area contributed by atoms with Crippen LogP contribution in [0.4, 0.5) is 5.82 Å². The normalized spacial score (nSPS) is 10.3. The Kier molecular flexibility index (Phi) is 6.76. The van der Waals surface area contributed by atoms with Crippen molar-refractivity contribution in [3.8, 4) is 0 Å². The molecule has 100 valence electrons. The lowest BCUT2D eigenvalue weighted by Crippen LogP contribution is -2.25.